The molecule has 3 aromatic rings. The molecule has 0 radical (unpaired) electrons. The Labute approximate surface area is 125 Å². The molecule has 0 atom stereocenters. The lowest BCUT2D eigenvalue weighted by Gasteiger charge is -2.03. The average Bonchev–Trinajstić information content (AvgIpc) is 3.23. The zero-order valence-electron chi connectivity index (χ0n) is 11.6. The fourth-order valence-electron chi connectivity index (χ4n) is 2.30. The van der Waals surface area contributed by atoms with Crippen molar-refractivity contribution in [2.75, 3.05) is 6.79 Å². The molecular weight excluding hydrogens is 284 g/mol. The Morgan fingerprint density at radius 3 is 3.00 bits per heavy atom. The summed E-state index contributed by atoms with van der Waals surface area (Å²) in [6.07, 6.45) is 6.14. The van der Waals surface area contributed by atoms with Crippen molar-refractivity contribution < 1.29 is 14.0 Å². The molecule has 1 aromatic carbocycles. The molecule has 3 heterocycles. The molecule has 0 saturated carbocycles. The first kappa shape index (κ1) is 12.8. The smallest absolute Gasteiger partial charge is 0.231 e. The Hall–Kier alpha value is -2.96. The van der Waals surface area contributed by atoms with Crippen LogP contribution in [0.25, 0.3) is 11.5 Å². The monoisotopic (exact) mass is 296 g/mol. The molecule has 4 rings (SSSR count). The number of ether oxygens (including phenoxy) is 2. The van der Waals surface area contributed by atoms with Crippen molar-refractivity contribution in [3.63, 3.8) is 0 Å². The molecule has 0 N–H and O–H groups in total. The third kappa shape index (κ3) is 2.37. The van der Waals surface area contributed by atoms with Crippen LogP contribution in [-0.2, 0) is 12.8 Å². The number of aromatic nitrogens is 4. The predicted molar refractivity (Wildman–Crippen MR) is 75.3 cm³/mol. The molecule has 0 unspecified atom stereocenters. The number of hydrogen-bond donors (Lipinski definition) is 0. The van der Waals surface area contributed by atoms with Gasteiger partial charge >= 0.3 is 0 Å². The van der Waals surface area contributed by atoms with Crippen LogP contribution in [0.2, 0.25) is 0 Å². The van der Waals surface area contributed by atoms with Crippen LogP contribution in [0.5, 0.6) is 11.5 Å². The van der Waals surface area contributed by atoms with Crippen molar-refractivity contribution in [2.45, 2.75) is 12.8 Å². The van der Waals surface area contributed by atoms with E-state index in [1.807, 2.05) is 18.2 Å². The van der Waals surface area contributed by atoms with Gasteiger partial charge in [-0.1, -0.05) is 17.3 Å². The lowest BCUT2D eigenvalue weighted by molar-refractivity contribution is 0.173. The molecule has 0 aliphatic carbocycles. The van der Waals surface area contributed by atoms with Crippen molar-refractivity contribution >= 4 is 0 Å². The third-order valence-electron chi connectivity index (χ3n) is 3.35. The van der Waals surface area contributed by atoms with Crippen LogP contribution in [0.4, 0.5) is 0 Å². The van der Waals surface area contributed by atoms with Crippen LogP contribution in [0, 0.1) is 0 Å². The minimum atomic E-state index is 0.268. The van der Waals surface area contributed by atoms with Crippen LogP contribution in [0.3, 0.4) is 0 Å². The molecule has 7 nitrogen and oxygen atoms in total. The summed E-state index contributed by atoms with van der Waals surface area (Å²) in [7, 11) is 0. The van der Waals surface area contributed by atoms with E-state index in [4.69, 9.17) is 14.0 Å². The highest BCUT2D eigenvalue weighted by Crippen LogP contribution is 2.35. The number of aryl methyl sites for hydroxylation is 2. The van der Waals surface area contributed by atoms with Gasteiger partial charge in [-0.15, -0.1) is 0 Å². The quantitative estimate of drug-likeness (QED) is 0.728. The Bertz CT molecular complexity index is 788. The van der Waals surface area contributed by atoms with E-state index in [0.717, 1.165) is 23.5 Å². The van der Waals surface area contributed by atoms with Gasteiger partial charge in [-0.2, -0.15) is 4.98 Å². The number of fused-ring (bicyclic) bond motifs is 1. The van der Waals surface area contributed by atoms with Gasteiger partial charge < -0.3 is 14.0 Å². The Kier molecular flexibility index (Phi) is 3.15. The van der Waals surface area contributed by atoms with E-state index in [1.165, 1.54) is 0 Å². The van der Waals surface area contributed by atoms with Crippen molar-refractivity contribution in [3.8, 4) is 23.0 Å². The van der Waals surface area contributed by atoms with Gasteiger partial charge in [0.2, 0.25) is 18.5 Å². The molecule has 0 amide bonds. The Morgan fingerprint density at radius 2 is 2.09 bits per heavy atom. The molecular formula is C15H12N4O3. The summed E-state index contributed by atoms with van der Waals surface area (Å²) >= 11 is 0. The van der Waals surface area contributed by atoms with E-state index in [1.54, 1.807) is 18.6 Å². The van der Waals surface area contributed by atoms with Gasteiger partial charge in [-0.05, 0) is 18.1 Å². The molecule has 7 heteroatoms. The zero-order chi connectivity index (χ0) is 14.8. The van der Waals surface area contributed by atoms with Crippen molar-refractivity contribution in [1.29, 1.82) is 0 Å². The van der Waals surface area contributed by atoms with E-state index in [0.29, 0.717) is 23.8 Å². The fraction of sp³-hybridized carbons (Fsp3) is 0.200. The summed E-state index contributed by atoms with van der Waals surface area (Å²) in [6.45, 7) is 0.268. The molecule has 22 heavy (non-hydrogen) atoms. The summed E-state index contributed by atoms with van der Waals surface area (Å²) in [4.78, 5) is 12.5. The number of nitrogens with zero attached hydrogens (tertiary/aromatic N) is 4. The molecule has 110 valence electrons. The van der Waals surface area contributed by atoms with Gasteiger partial charge in [0, 0.05) is 18.8 Å². The summed E-state index contributed by atoms with van der Waals surface area (Å²) in [5.74, 6) is 2.58. The van der Waals surface area contributed by atoms with Gasteiger partial charge in [0.1, 0.15) is 5.69 Å². The number of hydrogen-bond acceptors (Lipinski definition) is 7. The number of benzene rings is 1. The first-order valence-electron chi connectivity index (χ1n) is 6.86. The van der Waals surface area contributed by atoms with Crippen LogP contribution < -0.4 is 9.47 Å². The molecule has 2 aromatic heterocycles. The SMILES string of the molecule is c1cc(CCc2nc(-c3cnccn3)no2)c2c(c1)OCO2. The zero-order valence-corrected chi connectivity index (χ0v) is 11.6. The minimum absolute atomic E-state index is 0.268. The molecule has 1 aliphatic rings. The maximum absolute atomic E-state index is 5.49. The van der Waals surface area contributed by atoms with Crippen LogP contribution in [-0.4, -0.2) is 26.9 Å². The van der Waals surface area contributed by atoms with Gasteiger partial charge in [-0.3, -0.25) is 4.98 Å². The standard InChI is InChI=1S/C15H12N4O3/c1-2-10(14-12(3-1)20-9-21-14)4-5-13-18-15(19-22-13)11-8-16-6-7-17-11/h1-3,6-8H,4-5,9H2. The summed E-state index contributed by atoms with van der Waals surface area (Å²) in [6, 6.07) is 5.85. The number of rotatable bonds is 4. The highest BCUT2D eigenvalue weighted by Gasteiger charge is 2.18. The lowest BCUT2D eigenvalue weighted by atomic mass is 10.1. The van der Waals surface area contributed by atoms with E-state index in [9.17, 15) is 0 Å². The lowest BCUT2D eigenvalue weighted by Crippen LogP contribution is -1.96. The van der Waals surface area contributed by atoms with Crippen LogP contribution >= 0.6 is 0 Å². The van der Waals surface area contributed by atoms with Crippen LogP contribution in [0.15, 0.2) is 41.3 Å². The maximum atomic E-state index is 5.49. The Morgan fingerprint density at radius 1 is 1.09 bits per heavy atom. The second kappa shape index (κ2) is 5.44. The molecule has 0 spiro atoms. The molecule has 0 saturated heterocycles. The first-order valence-corrected chi connectivity index (χ1v) is 6.86. The van der Waals surface area contributed by atoms with E-state index in [-0.39, 0.29) is 6.79 Å². The first-order chi connectivity index (χ1) is 10.9. The fourth-order valence-corrected chi connectivity index (χ4v) is 2.30. The predicted octanol–water partition coefficient (Wildman–Crippen LogP) is 2.04. The van der Waals surface area contributed by atoms with Crippen LogP contribution in [0.1, 0.15) is 11.5 Å². The largest absolute Gasteiger partial charge is 0.454 e. The van der Waals surface area contributed by atoms with E-state index >= 15 is 0 Å². The average molecular weight is 296 g/mol. The van der Waals surface area contributed by atoms with E-state index in [2.05, 4.69) is 20.1 Å². The van der Waals surface area contributed by atoms with Gasteiger partial charge in [0.05, 0.1) is 6.20 Å². The van der Waals surface area contributed by atoms with Gasteiger partial charge in [0.15, 0.2) is 11.5 Å². The molecule has 0 fully saturated rings. The maximum Gasteiger partial charge on any atom is 0.231 e. The van der Waals surface area contributed by atoms with Gasteiger partial charge in [-0.25, -0.2) is 4.98 Å². The highest BCUT2D eigenvalue weighted by molar-refractivity contribution is 5.48. The summed E-state index contributed by atoms with van der Waals surface area (Å²) in [5, 5.41) is 3.93. The van der Waals surface area contributed by atoms with Crippen molar-refractivity contribution in [2.24, 2.45) is 0 Å². The summed E-state index contributed by atoms with van der Waals surface area (Å²) < 4.78 is 16.1. The second-order valence-electron chi connectivity index (χ2n) is 4.75. The Balaban J connectivity index is 1.49. The highest BCUT2D eigenvalue weighted by atomic mass is 16.7. The normalized spacial score (nSPS) is 12.5. The van der Waals surface area contributed by atoms with E-state index < -0.39 is 0 Å². The van der Waals surface area contributed by atoms with Gasteiger partial charge in [0.25, 0.3) is 0 Å². The van der Waals surface area contributed by atoms with Crippen molar-refractivity contribution in [3.05, 3.63) is 48.2 Å². The summed E-state index contributed by atoms with van der Waals surface area (Å²) in [5.41, 5.74) is 1.66. The second-order valence-corrected chi connectivity index (χ2v) is 4.75. The molecule has 0 bridgehead atoms. The minimum Gasteiger partial charge on any atom is -0.454 e. The molecule has 1 aliphatic heterocycles. The number of para-hydroxylation sites is 1. The third-order valence-corrected chi connectivity index (χ3v) is 3.35. The van der Waals surface area contributed by atoms with Crippen molar-refractivity contribution in [1.82, 2.24) is 20.1 Å². The topological polar surface area (TPSA) is 83.2 Å².